The Morgan fingerprint density at radius 2 is 1.92 bits per heavy atom. The smallest absolute Gasteiger partial charge is 0.290 e. The highest BCUT2D eigenvalue weighted by atomic mass is 16.6. The zero-order valence-electron chi connectivity index (χ0n) is 13.7. The minimum Gasteiger partial charge on any atom is -0.483 e. The lowest BCUT2D eigenvalue weighted by atomic mass is 10.2. The number of nitrogens with zero attached hydrogens (tertiary/aromatic N) is 6. The second-order valence-corrected chi connectivity index (χ2v) is 5.39. The Kier molecular flexibility index (Phi) is 6.01. The molecule has 1 saturated heterocycles. The summed E-state index contributed by atoms with van der Waals surface area (Å²) in [6.45, 7) is 8.05. The molecule has 0 radical (unpaired) electrons. The zero-order valence-corrected chi connectivity index (χ0v) is 13.7. The fourth-order valence-electron chi connectivity index (χ4n) is 2.48. The molecule has 1 aliphatic rings. The molecule has 1 fully saturated rings. The Hall–Kier alpha value is -2.75. The zero-order chi connectivity index (χ0) is 17.5. The topological polar surface area (TPSA) is 134 Å². The lowest BCUT2D eigenvalue weighted by molar-refractivity contribution is -0.122. The lowest BCUT2D eigenvalue weighted by Gasteiger charge is -2.35. The normalized spacial score (nSPS) is 14.8. The monoisotopic (exact) mass is 335 g/mol. The second-order valence-electron chi connectivity index (χ2n) is 5.39. The van der Waals surface area contributed by atoms with E-state index in [4.69, 9.17) is 20.3 Å². The molecule has 3 heterocycles. The minimum absolute atomic E-state index is 0.250. The number of nitrogens with two attached hydrogens (primary N) is 1. The maximum atomic E-state index is 8.36. The van der Waals surface area contributed by atoms with Crippen molar-refractivity contribution in [1.82, 2.24) is 25.2 Å². The van der Waals surface area contributed by atoms with Gasteiger partial charge in [-0.1, -0.05) is 10.3 Å². The van der Waals surface area contributed by atoms with Crippen molar-refractivity contribution in [3.63, 3.8) is 0 Å². The summed E-state index contributed by atoms with van der Waals surface area (Å²) in [5.74, 6) is 1.23. The minimum atomic E-state index is -0.250. The summed E-state index contributed by atoms with van der Waals surface area (Å²) in [5, 5.41) is 14.6. The first-order valence-electron chi connectivity index (χ1n) is 7.48. The van der Waals surface area contributed by atoms with Gasteiger partial charge in [-0.3, -0.25) is 9.69 Å². The van der Waals surface area contributed by atoms with Crippen molar-refractivity contribution in [3.8, 4) is 0 Å². The molecule has 24 heavy (non-hydrogen) atoms. The quantitative estimate of drug-likeness (QED) is 0.742. The summed E-state index contributed by atoms with van der Waals surface area (Å²) in [6, 6.07) is 1.97. The van der Waals surface area contributed by atoms with Gasteiger partial charge in [0, 0.05) is 44.5 Å². The molecular formula is C14H21N7O3. The first-order valence-corrected chi connectivity index (χ1v) is 7.48. The number of hydrogen-bond acceptors (Lipinski definition) is 9. The molecule has 0 bridgehead atoms. The second kappa shape index (κ2) is 8.20. The van der Waals surface area contributed by atoms with Crippen molar-refractivity contribution in [1.29, 1.82) is 0 Å². The first-order chi connectivity index (χ1) is 11.5. The van der Waals surface area contributed by atoms with Crippen molar-refractivity contribution < 1.29 is 14.5 Å². The van der Waals surface area contributed by atoms with Gasteiger partial charge in [0.1, 0.15) is 17.2 Å². The van der Waals surface area contributed by atoms with Gasteiger partial charge in [-0.05, 0) is 13.8 Å². The van der Waals surface area contributed by atoms with Crippen molar-refractivity contribution >= 4 is 18.2 Å². The Labute approximate surface area is 139 Å². The fourth-order valence-corrected chi connectivity index (χ4v) is 2.48. The average Bonchev–Trinajstić information content (AvgIpc) is 2.93. The Bertz CT molecular complexity index is 648. The summed E-state index contributed by atoms with van der Waals surface area (Å²) < 4.78 is 4.74. The molecule has 10 heteroatoms. The van der Waals surface area contributed by atoms with E-state index >= 15 is 0 Å². The number of rotatable bonds is 3. The first kappa shape index (κ1) is 17.6. The Morgan fingerprint density at radius 3 is 2.46 bits per heavy atom. The molecule has 0 aromatic carbocycles. The van der Waals surface area contributed by atoms with Crippen LogP contribution in [0.15, 0.2) is 10.7 Å². The van der Waals surface area contributed by atoms with Gasteiger partial charge in [0.25, 0.3) is 6.47 Å². The number of nitrogen functional groups attached to an aromatic ring is 1. The van der Waals surface area contributed by atoms with Crippen LogP contribution in [0.4, 0.5) is 11.8 Å². The average molecular weight is 335 g/mol. The van der Waals surface area contributed by atoms with Crippen LogP contribution in [-0.4, -0.2) is 62.9 Å². The number of piperazine rings is 1. The highest BCUT2D eigenvalue weighted by molar-refractivity contribution is 5.43. The van der Waals surface area contributed by atoms with Crippen molar-refractivity contribution in [2.24, 2.45) is 0 Å². The molecule has 0 atom stereocenters. The van der Waals surface area contributed by atoms with Crippen LogP contribution in [0.3, 0.4) is 0 Å². The number of carboxylic acid groups (broad SMARTS) is 1. The van der Waals surface area contributed by atoms with Gasteiger partial charge in [-0.2, -0.15) is 4.98 Å². The van der Waals surface area contributed by atoms with Gasteiger partial charge in [-0.15, -0.1) is 0 Å². The summed E-state index contributed by atoms with van der Waals surface area (Å²) >= 11 is 0. The third kappa shape index (κ3) is 4.62. The molecule has 3 rings (SSSR count). The third-order valence-electron chi connectivity index (χ3n) is 3.67. The van der Waals surface area contributed by atoms with Gasteiger partial charge in [-0.25, -0.2) is 9.61 Å². The van der Waals surface area contributed by atoms with Crippen LogP contribution in [0.1, 0.15) is 17.1 Å². The van der Waals surface area contributed by atoms with E-state index in [2.05, 4.69) is 30.1 Å². The molecule has 0 aliphatic carbocycles. The van der Waals surface area contributed by atoms with E-state index in [1.54, 1.807) is 0 Å². The summed E-state index contributed by atoms with van der Waals surface area (Å²) in [5.41, 5.74) is 8.37. The van der Waals surface area contributed by atoms with E-state index in [-0.39, 0.29) is 6.47 Å². The summed E-state index contributed by atoms with van der Waals surface area (Å²) in [6.07, 6.45) is 0. The highest BCUT2D eigenvalue weighted by Crippen LogP contribution is 2.17. The predicted molar refractivity (Wildman–Crippen MR) is 86.4 cm³/mol. The maximum Gasteiger partial charge on any atom is 0.290 e. The summed E-state index contributed by atoms with van der Waals surface area (Å²) in [4.78, 5) is 21.3. The number of aromatic nitrogens is 4. The lowest BCUT2D eigenvalue weighted by Crippen LogP contribution is -2.46. The largest absolute Gasteiger partial charge is 0.483 e. The van der Waals surface area contributed by atoms with Crippen molar-refractivity contribution in [2.75, 3.05) is 36.8 Å². The predicted octanol–water partition coefficient (Wildman–Crippen LogP) is 0.0816. The Morgan fingerprint density at radius 1 is 1.25 bits per heavy atom. The summed E-state index contributed by atoms with van der Waals surface area (Å²) in [7, 11) is 0. The molecule has 130 valence electrons. The van der Waals surface area contributed by atoms with Crippen LogP contribution < -0.4 is 10.6 Å². The number of hydrogen-bond donors (Lipinski definition) is 2. The number of aryl methyl sites for hydroxylation is 2. The highest BCUT2D eigenvalue weighted by Gasteiger charge is 2.20. The van der Waals surface area contributed by atoms with Gasteiger partial charge >= 0.3 is 0 Å². The molecule has 0 saturated carbocycles. The van der Waals surface area contributed by atoms with E-state index in [9.17, 15) is 0 Å². The van der Waals surface area contributed by atoms with Gasteiger partial charge in [0.05, 0.1) is 0 Å². The van der Waals surface area contributed by atoms with E-state index in [0.717, 1.165) is 55.6 Å². The van der Waals surface area contributed by atoms with Crippen LogP contribution >= 0.6 is 0 Å². The molecule has 1 aliphatic heterocycles. The standard InChI is InChI=1S/C13H19N7O.CH2O2/c1-9-7-12(16-13(14)15-9)20-5-3-19(4-6-20)8-11-10(2)17-21-18-11;2-1-3/h7H,3-6,8H2,1-2H3,(H2,14,15,16);1H,(H,2,3). The molecule has 2 aromatic rings. The van der Waals surface area contributed by atoms with E-state index < -0.39 is 0 Å². The van der Waals surface area contributed by atoms with Crippen LogP contribution in [0.5, 0.6) is 0 Å². The molecule has 0 spiro atoms. The van der Waals surface area contributed by atoms with Crippen molar-refractivity contribution in [3.05, 3.63) is 23.1 Å². The third-order valence-corrected chi connectivity index (χ3v) is 3.67. The van der Waals surface area contributed by atoms with Crippen LogP contribution in [-0.2, 0) is 11.3 Å². The number of carbonyl (C=O) groups is 1. The molecular weight excluding hydrogens is 314 g/mol. The SMILES string of the molecule is Cc1cc(N2CCN(Cc3nonc3C)CC2)nc(N)n1.O=CO. The molecule has 10 nitrogen and oxygen atoms in total. The molecule has 3 N–H and O–H groups in total. The Balaban J connectivity index is 0.000000647. The fraction of sp³-hybridized carbons (Fsp3) is 0.500. The van der Waals surface area contributed by atoms with Gasteiger partial charge in [0.15, 0.2) is 0 Å². The molecule has 0 amide bonds. The van der Waals surface area contributed by atoms with E-state index in [1.165, 1.54) is 0 Å². The number of anilines is 2. The molecule has 2 aromatic heterocycles. The van der Waals surface area contributed by atoms with Crippen LogP contribution in [0.25, 0.3) is 0 Å². The van der Waals surface area contributed by atoms with Crippen LogP contribution in [0, 0.1) is 13.8 Å². The molecule has 0 unspecified atom stereocenters. The maximum absolute atomic E-state index is 8.36. The van der Waals surface area contributed by atoms with Crippen LogP contribution in [0.2, 0.25) is 0 Å². The van der Waals surface area contributed by atoms with Gasteiger partial charge in [0.2, 0.25) is 5.95 Å². The van der Waals surface area contributed by atoms with Crippen molar-refractivity contribution in [2.45, 2.75) is 20.4 Å². The van der Waals surface area contributed by atoms with E-state index in [0.29, 0.717) is 5.95 Å². The van der Waals surface area contributed by atoms with E-state index in [1.807, 2.05) is 19.9 Å². The van der Waals surface area contributed by atoms with Gasteiger partial charge < -0.3 is 15.7 Å².